The van der Waals surface area contributed by atoms with Crippen LogP contribution in [-0.2, 0) is 13.1 Å². The van der Waals surface area contributed by atoms with Crippen LogP contribution in [0.2, 0.25) is 5.02 Å². The minimum absolute atomic E-state index is 0.119. The number of halogens is 3. The molecular formula is C25H17ClF2N4O2. The smallest absolute Gasteiger partial charge is 0.320 e. The first-order chi connectivity index (χ1) is 16.4. The second-order valence-corrected chi connectivity index (χ2v) is 8.19. The predicted octanol–water partition coefficient (Wildman–Crippen LogP) is 4.38. The van der Waals surface area contributed by atoms with Gasteiger partial charge >= 0.3 is 5.69 Å². The fourth-order valence-electron chi connectivity index (χ4n) is 3.89. The van der Waals surface area contributed by atoms with Crippen molar-refractivity contribution in [2.45, 2.75) is 13.1 Å². The molecule has 0 aliphatic carbocycles. The monoisotopic (exact) mass is 478 g/mol. The standard InChI is InChI=1S/C25H17ClF2N4O2/c26-18-6-3-4-16(12-18)13-30-15-29-23-22(30)24(33)31(14-17-5-1-2-7-21(17)28)25(34)32(23)20-10-8-19(27)9-11-20/h1-12,15H,13-14H2. The molecule has 34 heavy (non-hydrogen) atoms. The van der Waals surface area contributed by atoms with Crippen molar-refractivity contribution < 1.29 is 8.78 Å². The summed E-state index contributed by atoms with van der Waals surface area (Å²) in [5.41, 5.74) is 0.292. The van der Waals surface area contributed by atoms with Crippen molar-refractivity contribution in [2.24, 2.45) is 0 Å². The molecule has 2 aromatic heterocycles. The van der Waals surface area contributed by atoms with Crippen LogP contribution in [0.25, 0.3) is 16.9 Å². The van der Waals surface area contributed by atoms with Crippen LogP contribution < -0.4 is 11.2 Å². The number of imidazole rings is 1. The third-order valence-electron chi connectivity index (χ3n) is 5.51. The highest BCUT2D eigenvalue weighted by molar-refractivity contribution is 6.30. The van der Waals surface area contributed by atoms with Gasteiger partial charge in [0.25, 0.3) is 5.56 Å². The van der Waals surface area contributed by atoms with Gasteiger partial charge in [0.2, 0.25) is 0 Å². The summed E-state index contributed by atoms with van der Waals surface area (Å²) in [6, 6.07) is 18.3. The second-order valence-electron chi connectivity index (χ2n) is 7.75. The summed E-state index contributed by atoms with van der Waals surface area (Å²) >= 11 is 6.10. The Bertz CT molecular complexity index is 1640. The van der Waals surface area contributed by atoms with Crippen LogP contribution in [0.1, 0.15) is 11.1 Å². The Morgan fingerprint density at radius 3 is 2.38 bits per heavy atom. The molecule has 0 radical (unpaired) electrons. The first-order valence-electron chi connectivity index (χ1n) is 10.4. The summed E-state index contributed by atoms with van der Waals surface area (Å²) in [5, 5.41) is 0.544. The quantitative estimate of drug-likeness (QED) is 0.377. The van der Waals surface area contributed by atoms with Crippen molar-refractivity contribution in [1.82, 2.24) is 18.7 Å². The van der Waals surface area contributed by atoms with E-state index >= 15 is 0 Å². The maximum Gasteiger partial charge on any atom is 0.337 e. The number of fused-ring (bicyclic) bond motifs is 1. The van der Waals surface area contributed by atoms with E-state index in [1.807, 2.05) is 6.07 Å². The zero-order valence-corrected chi connectivity index (χ0v) is 18.4. The van der Waals surface area contributed by atoms with Gasteiger partial charge in [-0.05, 0) is 48.0 Å². The summed E-state index contributed by atoms with van der Waals surface area (Å²) in [6.07, 6.45) is 1.46. The third kappa shape index (κ3) is 3.92. The topological polar surface area (TPSA) is 61.8 Å². The van der Waals surface area contributed by atoms with Crippen LogP contribution in [0, 0.1) is 11.6 Å². The average molecular weight is 479 g/mol. The van der Waals surface area contributed by atoms with Gasteiger partial charge < -0.3 is 4.57 Å². The van der Waals surface area contributed by atoms with Crippen molar-refractivity contribution >= 4 is 22.8 Å². The Labute approximate surface area is 196 Å². The van der Waals surface area contributed by atoms with E-state index in [4.69, 9.17) is 11.6 Å². The van der Waals surface area contributed by atoms with E-state index in [0.717, 1.165) is 10.1 Å². The molecule has 5 aromatic rings. The van der Waals surface area contributed by atoms with Gasteiger partial charge in [0.05, 0.1) is 18.6 Å². The molecule has 170 valence electrons. The van der Waals surface area contributed by atoms with E-state index in [-0.39, 0.29) is 29.8 Å². The molecule has 0 bridgehead atoms. The lowest BCUT2D eigenvalue weighted by Crippen LogP contribution is -2.40. The number of aromatic nitrogens is 4. The molecule has 0 unspecified atom stereocenters. The predicted molar refractivity (Wildman–Crippen MR) is 126 cm³/mol. The van der Waals surface area contributed by atoms with Gasteiger partial charge in [0.1, 0.15) is 11.6 Å². The zero-order chi connectivity index (χ0) is 23.8. The highest BCUT2D eigenvalue weighted by Gasteiger charge is 2.20. The molecule has 0 aliphatic rings. The molecule has 0 saturated carbocycles. The fraction of sp³-hybridized carbons (Fsp3) is 0.0800. The summed E-state index contributed by atoms with van der Waals surface area (Å²) in [7, 11) is 0. The molecule has 2 heterocycles. The summed E-state index contributed by atoms with van der Waals surface area (Å²) < 4.78 is 31.7. The molecule has 0 N–H and O–H groups in total. The first kappa shape index (κ1) is 21.8. The third-order valence-corrected chi connectivity index (χ3v) is 5.75. The van der Waals surface area contributed by atoms with Crippen LogP contribution >= 0.6 is 11.6 Å². The lowest BCUT2D eigenvalue weighted by atomic mass is 10.2. The number of nitrogens with zero attached hydrogens (tertiary/aromatic N) is 4. The molecule has 0 saturated heterocycles. The Morgan fingerprint density at radius 2 is 1.65 bits per heavy atom. The SMILES string of the molecule is O=c1c2c(ncn2Cc2cccc(Cl)c2)n(-c2ccc(F)cc2)c(=O)n1Cc1ccccc1F. The average Bonchev–Trinajstić information content (AvgIpc) is 3.22. The number of rotatable bonds is 5. The number of hydrogen-bond acceptors (Lipinski definition) is 3. The second kappa shape index (κ2) is 8.72. The normalized spacial score (nSPS) is 11.3. The van der Waals surface area contributed by atoms with Gasteiger partial charge in [0.15, 0.2) is 11.2 Å². The highest BCUT2D eigenvalue weighted by Crippen LogP contribution is 2.17. The van der Waals surface area contributed by atoms with Crippen LogP contribution in [0.4, 0.5) is 8.78 Å². The maximum absolute atomic E-state index is 14.4. The van der Waals surface area contributed by atoms with Crippen LogP contribution in [-0.4, -0.2) is 18.7 Å². The van der Waals surface area contributed by atoms with E-state index in [2.05, 4.69) is 4.98 Å². The van der Waals surface area contributed by atoms with Crippen LogP contribution in [0.15, 0.2) is 88.7 Å². The van der Waals surface area contributed by atoms with Crippen molar-refractivity contribution in [2.75, 3.05) is 0 Å². The molecular weight excluding hydrogens is 462 g/mol. The van der Waals surface area contributed by atoms with Gasteiger partial charge in [-0.25, -0.2) is 23.1 Å². The Morgan fingerprint density at radius 1 is 0.882 bits per heavy atom. The molecule has 5 rings (SSSR count). The van der Waals surface area contributed by atoms with Crippen molar-refractivity contribution in [3.05, 3.63) is 128 Å². The van der Waals surface area contributed by atoms with E-state index in [0.29, 0.717) is 10.7 Å². The highest BCUT2D eigenvalue weighted by atomic mass is 35.5. The molecule has 9 heteroatoms. The van der Waals surface area contributed by atoms with Gasteiger partial charge in [-0.1, -0.05) is 41.9 Å². The summed E-state index contributed by atoms with van der Waals surface area (Å²) in [4.78, 5) is 31.3. The number of hydrogen-bond donors (Lipinski definition) is 0. The number of benzene rings is 3. The van der Waals surface area contributed by atoms with Gasteiger partial charge in [-0.3, -0.25) is 9.36 Å². The van der Waals surface area contributed by atoms with Crippen LogP contribution in [0.3, 0.4) is 0 Å². The summed E-state index contributed by atoms with van der Waals surface area (Å²) in [5.74, 6) is -1.01. The summed E-state index contributed by atoms with van der Waals surface area (Å²) in [6.45, 7) is -0.00254. The molecule has 0 atom stereocenters. The van der Waals surface area contributed by atoms with Gasteiger partial charge in [-0.15, -0.1) is 0 Å². The van der Waals surface area contributed by atoms with E-state index in [9.17, 15) is 18.4 Å². The van der Waals surface area contributed by atoms with Crippen LogP contribution in [0.5, 0.6) is 0 Å². The van der Waals surface area contributed by atoms with Crippen molar-refractivity contribution in [3.8, 4) is 5.69 Å². The minimum Gasteiger partial charge on any atom is -0.320 e. The molecule has 0 spiro atoms. The minimum atomic E-state index is -0.708. The molecule has 6 nitrogen and oxygen atoms in total. The maximum atomic E-state index is 14.4. The van der Waals surface area contributed by atoms with E-state index in [1.165, 1.54) is 53.4 Å². The first-order valence-corrected chi connectivity index (χ1v) is 10.7. The van der Waals surface area contributed by atoms with Gasteiger partial charge in [-0.2, -0.15) is 0 Å². The Hall–Kier alpha value is -4.04. The van der Waals surface area contributed by atoms with E-state index in [1.54, 1.807) is 28.8 Å². The fourth-order valence-corrected chi connectivity index (χ4v) is 4.10. The van der Waals surface area contributed by atoms with Crippen molar-refractivity contribution in [3.63, 3.8) is 0 Å². The van der Waals surface area contributed by atoms with Crippen molar-refractivity contribution in [1.29, 1.82) is 0 Å². The molecule has 3 aromatic carbocycles. The van der Waals surface area contributed by atoms with E-state index < -0.39 is 22.9 Å². The largest absolute Gasteiger partial charge is 0.337 e. The lowest BCUT2D eigenvalue weighted by molar-refractivity contribution is 0.586. The van der Waals surface area contributed by atoms with Gasteiger partial charge in [0, 0.05) is 17.1 Å². The molecule has 0 amide bonds. The molecule has 0 aliphatic heterocycles. The lowest BCUT2D eigenvalue weighted by Gasteiger charge is -2.13. The molecule has 0 fully saturated rings. The Kier molecular flexibility index (Phi) is 5.59. The zero-order valence-electron chi connectivity index (χ0n) is 17.7. The Balaban J connectivity index is 1.77.